The van der Waals surface area contributed by atoms with E-state index in [1.165, 1.54) is 24.0 Å². The van der Waals surface area contributed by atoms with E-state index in [1.54, 1.807) is 0 Å². The van der Waals surface area contributed by atoms with Crippen LogP contribution in [-0.4, -0.2) is 18.3 Å². The molecule has 1 fully saturated rings. The number of hydrogen-bond acceptors (Lipinski definition) is 2. The molecule has 0 aliphatic heterocycles. The zero-order valence-corrected chi connectivity index (χ0v) is 10.7. The van der Waals surface area contributed by atoms with Crippen LogP contribution in [0.2, 0.25) is 0 Å². The van der Waals surface area contributed by atoms with Crippen LogP contribution in [0.25, 0.3) is 0 Å². The summed E-state index contributed by atoms with van der Waals surface area (Å²) >= 11 is 0. The Morgan fingerprint density at radius 3 is 2.53 bits per heavy atom. The van der Waals surface area contributed by atoms with E-state index in [2.05, 4.69) is 36.5 Å². The van der Waals surface area contributed by atoms with Gasteiger partial charge in [0.15, 0.2) is 0 Å². The minimum absolute atomic E-state index is 0.306. The molecule has 1 aliphatic rings. The van der Waals surface area contributed by atoms with E-state index in [4.69, 9.17) is 5.11 Å². The molecule has 1 aliphatic carbocycles. The Morgan fingerprint density at radius 1 is 1.24 bits per heavy atom. The monoisotopic (exact) mass is 233 g/mol. The highest BCUT2D eigenvalue weighted by molar-refractivity contribution is 5.25. The number of aliphatic hydroxyl groups excluding tert-OH is 1. The summed E-state index contributed by atoms with van der Waals surface area (Å²) in [5.74, 6) is 0.826. The average molecular weight is 233 g/mol. The van der Waals surface area contributed by atoms with Crippen molar-refractivity contribution in [3.05, 3.63) is 35.4 Å². The number of benzene rings is 1. The fourth-order valence-corrected chi connectivity index (χ4v) is 2.25. The van der Waals surface area contributed by atoms with Gasteiger partial charge in [-0.05, 0) is 50.6 Å². The SMILES string of the molecule is Cc1ccc(C(NCCCCO)C2CC2)cc1. The Morgan fingerprint density at radius 2 is 1.94 bits per heavy atom. The van der Waals surface area contributed by atoms with Crippen LogP contribution in [0.5, 0.6) is 0 Å². The highest BCUT2D eigenvalue weighted by Gasteiger charge is 2.31. The number of unbranched alkanes of at least 4 members (excludes halogenated alkanes) is 1. The third-order valence-electron chi connectivity index (χ3n) is 3.48. The standard InChI is InChI=1S/C15H23NO/c1-12-4-6-13(7-5-12)15(14-8-9-14)16-10-2-3-11-17/h4-7,14-17H,2-3,8-11H2,1H3. The second kappa shape index (κ2) is 6.18. The van der Waals surface area contributed by atoms with E-state index < -0.39 is 0 Å². The van der Waals surface area contributed by atoms with Gasteiger partial charge >= 0.3 is 0 Å². The molecule has 0 radical (unpaired) electrons. The maximum Gasteiger partial charge on any atom is 0.0431 e. The predicted molar refractivity (Wildman–Crippen MR) is 71.0 cm³/mol. The van der Waals surface area contributed by atoms with Gasteiger partial charge in [-0.1, -0.05) is 29.8 Å². The molecule has 1 aromatic carbocycles. The first kappa shape index (κ1) is 12.6. The Kier molecular flexibility index (Phi) is 4.57. The largest absolute Gasteiger partial charge is 0.396 e. The molecule has 1 aromatic rings. The smallest absolute Gasteiger partial charge is 0.0431 e. The molecule has 0 aromatic heterocycles. The number of rotatable bonds is 7. The van der Waals surface area contributed by atoms with Crippen LogP contribution in [-0.2, 0) is 0 Å². The van der Waals surface area contributed by atoms with E-state index in [1.807, 2.05) is 0 Å². The number of hydrogen-bond donors (Lipinski definition) is 2. The van der Waals surface area contributed by atoms with Gasteiger partial charge in [0.25, 0.3) is 0 Å². The van der Waals surface area contributed by atoms with Gasteiger partial charge in [-0.25, -0.2) is 0 Å². The maximum atomic E-state index is 8.77. The molecule has 2 heteroatoms. The first-order chi connectivity index (χ1) is 8.31. The molecule has 1 atom stereocenters. The lowest BCUT2D eigenvalue weighted by atomic mass is 10.0. The summed E-state index contributed by atoms with van der Waals surface area (Å²) in [6.45, 7) is 3.44. The minimum atomic E-state index is 0.306. The highest BCUT2D eigenvalue weighted by atomic mass is 16.2. The fourth-order valence-electron chi connectivity index (χ4n) is 2.25. The Balaban J connectivity index is 1.90. The van der Waals surface area contributed by atoms with E-state index in [0.717, 1.165) is 25.3 Å². The van der Waals surface area contributed by atoms with Crippen molar-refractivity contribution in [1.82, 2.24) is 5.32 Å². The third-order valence-corrected chi connectivity index (χ3v) is 3.48. The summed E-state index contributed by atoms with van der Waals surface area (Å²) in [6, 6.07) is 9.41. The molecule has 1 saturated carbocycles. The Hall–Kier alpha value is -0.860. The predicted octanol–water partition coefficient (Wildman–Crippen LogP) is 2.81. The van der Waals surface area contributed by atoms with E-state index in [9.17, 15) is 0 Å². The molecule has 0 heterocycles. The molecular formula is C15H23NO. The van der Waals surface area contributed by atoms with Gasteiger partial charge in [-0.15, -0.1) is 0 Å². The van der Waals surface area contributed by atoms with Crippen molar-refractivity contribution in [3.8, 4) is 0 Å². The molecule has 0 bridgehead atoms. The maximum absolute atomic E-state index is 8.77. The summed E-state index contributed by atoms with van der Waals surface area (Å²) in [4.78, 5) is 0. The van der Waals surface area contributed by atoms with E-state index in [-0.39, 0.29) is 0 Å². The first-order valence-electron chi connectivity index (χ1n) is 6.72. The molecule has 94 valence electrons. The zero-order valence-electron chi connectivity index (χ0n) is 10.7. The van der Waals surface area contributed by atoms with Crippen molar-refractivity contribution in [2.24, 2.45) is 5.92 Å². The molecule has 1 unspecified atom stereocenters. The number of nitrogens with one attached hydrogen (secondary N) is 1. The van der Waals surface area contributed by atoms with Crippen molar-refractivity contribution in [2.45, 2.75) is 38.6 Å². The topological polar surface area (TPSA) is 32.3 Å². The molecule has 2 N–H and O–H groups in total. The number of aryl methyl sites for hydroxylation is 1. The summed E-state index contributed by atoms with van der Waals surface area (Å²) in [6.07, 6.45) is 4.67. The van der Waals surface area contributed by atoms with Crippen molar-refractivity contribution in [3.63, 3.8) is 0 Å². The lowest BCUT2D eigenvalue weighted by molar-refractivity contribution is 0.282. The molecule has 0 amide bonds. The summed E-state index contributed by atoms with van der Waals surface area (Å²) in [7, 11) is 0. The van der Waals surface area contributed by atoms with Crippen LogP contribution in [0, 0.1) is 12.8 Å². The van der Waals surface area contributed by atoms with Gasteiger partial charge in [-0.2, -0.15) is 0 Å². The average Bonchev–Trinajstić information content (AvgIpc) is 3.15. The Bertz CT molecular complexity index is 329. The van der Waals surface area contributed by atoms with Crippen molar-refractivity contribution in [2.75, 3.05) is 13.2 Å². The normalized spacial score (nSPS) is 17.1. The summed E-state index contributed by atoms with van der Waals surface area (Å²) < 4.78 is 0. The molecular weight excluding hydrogens is 210 g/mol. The van der Waals surface area contributed by atoms with Crippen LogP contribution >= 0.6 is 0 Å². The number of aliphatic hydroxyl groups is 1. The van der Waals surface area contributed by atoms with E-state index in [0.29, 0.717) is 12.6 Å². The van der Waals surface area contributed by atoms with Crippen LogP contribution in [0.3, 0.4) is 0 Å². The van der Waals surface area contributed by atoms with Crippen LogP contribution in [0.1, 0.15) is 42.9 Å². The lowest BCUT2D eigenvalue weighted by Gasteiger charge is -2.19. The molecule has 0 saturated heterocycles. The van der Waals surface area contributed by atoms with Gasteiger partial charge in [0, 0.05) is 12.6 Å². The molecule has 0 spiro atoms. The van der Waals surface area contributed by atoms with E-state index >= 15 is 0 Å². The van der Waals surface area contributed by atoms with Gasteiger partial charge < -0.3 is 10.4 Å². The van der Waals surface area contributed by atoms with Crippen molar-refractivity contribution < 1.29 is 5.11 Å². The van der Waals surface area contributed by atoms with Crippen LogP contribution < -0.4 is 5.32 Å². The molecule has 17 heavy (non-hydrogen) atoms. The highest BCUT2D eigenvalue weighted by Crippen LogP contribution is 2.40. The van der Waals surface area contributed by atoms with Gasteiger partial charge in [0.1, 0.15) is 0 Å². The second-order valence-corrected chi connectivity index (χ2v) is 5.11. The lowest BCUT2D eigenvalue weighted by Crippen LogP contribution is -2.24. The van der Waals surface area contributed by atoms with Gasteiger partial charge in [0.2, 0.25) is 0 Å². The molecule has 2 nitrogen and oxygen atoms in total. The molecule has 2 rings (SSSR count). The van der Waals surface area contributed by atoms with Crippen molar-refractivity contribution in [1.29, 1.82) is 0 Å². The minimum Gasteiger partial charge on any atom is -0.396 e. The first-order valence-corrected chi connectivity index (χ1v) is 6.72. The summed E-state index contributed by atoms with van der Waals surface area (Å²) in [5, 5.41) is 12.4. The Labute approximate surface area is 104 Å². The van der Waals surface area contributed by atoms with Gasteiger partial charge in [0.05, 0.1) is 0 Å². The van der Waals surface area contributed by atoms with Crippen LogP contribution in [0.4, 0.5) is 0 Å². The zero-order chi connectivity index (χ0) is 12.1. The second-order valence-electron chi connectivity index (χ2n) is 5.11. The van der Waals surface area contributed by atoms with Crippen molar-refractivity contribution >= 4 is 0 Å². The van der Waals surface area contributed by atoms with Gasteiger partial charge in [-0.3, -0.25) is 0 Å². The summed E-state index contributed by atoms with van der Waals surface area (Å²) in [5.41, 5.74) is 2.74. The van der Waals surface area contributed by atoms with Crippen LogP contribution in [0.15, 0.2) is 24.3 Å². The third kappa shape index (κ3) is 3.83. The quantitative estimate of drug-likeness (QED) is 0.710. The fraction of sp³-hybridized carbons (Fsp3) is 0.600.